The molecule has 1 aromatic rings. The first-order chi connectivity index (χ1) is 4.34. The molecule has 0 amide bonds. The van der Waals surface area contributed by atoms with Gasteiger partial charge in [0.2, 0.25) is 0 Å². The van der Waals surface area contributed by atoms with Crippen LogP contribution in [-0.2, 0) is 0 Å². The summed E-state index contributed by atoms with van der Waals surface area (Å²) in [6.45, 7) is 0. The van der Waals surface area contributed by atoms with Gasteiger partial charge in [0.05, 0.1) is 18.2 Å². The molecule has 9 heavy (non-hydrogen) atoms. The van der Waals surface area contributed by atoms with Crippen molar-refractivity contribution < 1.29 is 0 Å². The number of rotatable bonds is 1. The molecule has 1 aromatic heterocycles. The number of anilines is 1. The normalized spacial score (nSPS) is 9.00. The van der Waals surface area contributed by atoms with E-state index in [1.54, 1.807) is 19.6 Å². The van der Waals surface area contributed by atoms with Gasteiger partial charge in [-0.15, -0.1) is 0 Å². The molecule has 0 aliphatic rings. The Morgan fingerprint density at radius 1 is 1.78 bits per heavy atom. The SMILES string of the molecule is CNc1cnc[nH]c1=S. The van der Waals surface area contributed by atoms with Crippen LogP contribution in [0.2, 0.25) is 0 Å². The number of aromatic nitrogens is 2. The Balaban J connectivity index is 3.16. The third-order valence-electron chi connectivity index (χ3n) is 0.988. The molecule has 0 bridgehead atoms. The second-order valence-corrected chi connectivity index (χ2v) is 1.95. The van der Waals surface area contributed by atoms with Gasteiger partial charge in [-0.3, -0.25) is 0 Å². The molecule has 0 aliphatic carbocycles. The minimum atomic E-state index is 0.688. The molecule has 0 aliphatic heterocycles. The van der Waals surface area contributed by atoms with Crippen LogP contribution in [0.1, 0.15) is 0 Å². The Morgan fingerprint density at radius 3 is 3.00 bits per heavy atom. The van der Waals surface area contributed by atoms with Gasteiger partial charge in [0.25, 0.3) is 0 Å². The largest absolute Gasteiger partial charge is 0.384 e. The maximum absolute atomic E-state index is 4.89. The second kappa shape index (κ2) is 2.59. The molecular formula is C5H7N3S. The van der Waals surface area contributed by atoms with Crippen molar-refractivity contribution in [3.8, 4) is 0 Å². The van der Waals surface area contributed by atoms with Crippen molar-refractivity contribution in [1.29, 1.82) is 0 Å². The summed E-state index contributed by atoms with van der Waals surface area (Å²) in [4.78, 5) is 6.62. The minimum Gasteiger partial charge on any atom is -0.384 e. The van der Waals surface area contributed by atoms with Gasteiger partial charge < -0.3 is 10.3 Å². The van der Waals surface area contributed by atoms with E-state index in [0.717, 1.165) is 5.69 Å². The molecule has 2 N–H and O–H groups in total. The maximum atomic E-state index is 4.89. The Bertz CT molecular complexity index is 242. The highest BCUT2D eigenvalue weighted by molar-refractivity contribution is 7.71. The van der Waals surface area contributed by atoms with Gasteiger partial charge in [0.1, 0.15) is 4.64 Å². The summed E-state index contributed by atoms with van der Waals surface area (Å²) in [6.07, 6.45) is 3.24. The average molecular weight is 141 g/mol. The van der Waals surface area contributed by atoms with Crippen LogP contribution >= 0.6 is 12.2 Å². The lowest BCUT2D eigenvalue weighted by Gasteiger charge is -1.95. The molecule has 0 atom stereocenters. The molecule has 0 saturated heterocycles. The highest BCUT2D eigenvalue weighted by Gasteiger charge is 1.86. The van der Waals surface area contributed by atoms with Crippen LogP contribution in [0.15, 0.2) is 12.5 Å². The lowest BCUT2D eigenvalue weighted by Crippen LogP contribution is -1.90. The predicted octanol–water partition coefficient (Wildman–Crippen LogP) is 1.18. The first-order valence-electron chi connectivity index (χ1n) is 2.55. The summed E-state index contributed by atoms with van der Waals surface area (Å²) in [7, 11) is 1.81. The fourth-order valence-corrected chi connectivity index (χ4v) is 0.730. The van der Waals surface area contributed by atoms with Crippen LogP contribution in [0.5, 0.6) is 0 Å². The Labute approximate surface area is 58.1 Å². The molecule has 0 saturated carbocycles. The molecule has 1 heterocycles. The third kappa shape index (κ3) is 1.26. The van der Waals surface area contributed by atoms with Crippen molar-refractivity contribution in [1.82, 2.24) is 9.97 Å². The first kappa shape index (κ1) is 6.22. The standard InChI is InChI=1S/C5H7N3S/c1-6-4-2-7-3-8-5(4)9/h2-3,6H,1H3,(H,7,8,9). The van der Waals surface area contributed by atoms with Crippen LogP contribution < -0.4 is 5.32 Å². The zero-order valence-electron chi connectivity index (χ0n) is 5.01. The van der Waals surface area contributed by atoms with Gasteiger partial charge in [-0.1, -0.05) is 12.2 Å². The number of nitrogens with zero attached hydrogens (tertiary/aromatic N) is 1. The van der Waals surface area contributed by atoms with Crippen molar-refractivity contribution in [3.05, 3.63) is 17.2 Å². The van der Waals surface area contributed by atoms with Gasteiger partial charge in [-0.25, -0.2) is 4.98 Å². The Morgan fingerprint density at radius 2 is 2.56 bits per heavy atom. The van der Waals surface area contributed by atoms with Crippen molar-refractivity contribution in [2.75, 3.05) is 12.4 Å². The van der Waals surface area contributed by atoms with Gasteiger partial charge in [-0.05, 0) is 0 Å². The van der Waals surface area contributed by atoms with E-state index in [2.05, 4.69) is 15.3 Å². The van der Waals surface area contributed by atoms with Gasteiger partial charge in [0, 0.05) is 7.05 Å². The van der Waals surface area contributed by atoms with E-state index in [-0.39, 0.29) is 0 Å². The van der Waals surface area contributed by atoms with Crippen molar-refractivity contribution in [3.63, 3.8) is 0 Å². The number of hydrogen-bond donors (Lipinski definition) is 2. The number of H-pyrrole nitrogens is 1. The van der Waals surface area contributed by atoms with E-state index in [0.29, 0.717) is 4.64 Å². The second-order valence-electron chi connectivity index (χ2n) is 1.54. The third-order valence-corrected chi connectivity index (χ3v) is 1.33. The number of nitrogens with one attached hydrogen (secondary N) is 2. The predicted molar refractivity (Wildman–Crippen MR) is 39.0 cm³/mol. The summed E-state index contributed by atoms with van der Waals surface area (Å²) in [5.41, 5.74) is 0.854. The summed E-state index contributed by atoms with van der Waals surface area (Å²) in [5.74, 6) is 0. The molecule has 4 heteroatoms. The molecule has 1 rings (SSSR count). The van der Waals surface area contributed by atoms with Crippen LogP contribution in [-0.4, -0.2) is 17.0 Å². The van der Waals surface area contributed by atoms with Crippen LogP contribution in [0.25, 0.3) is 0 Å². The molecule has 3 nitrogen and oxygen atoms in total. The Kier molecular flexibility index (Phi) is 1.79. The summed E-state index contributed by atoms with van der Waals surface area (Å²) in [6, 6.07) is 0. The molecular weight excluding hydrogens is 134 g/mol. The van der Waals surface area contributed by atoms with Crippen molar-refractivity contribution >= 4 is 17.9 Å². The fourth-order valence-electron chi connectivity index (χ4n) is 0.522. The summed E-state index contributed by atoms with van der Waals surface area (Å²) in [5, 5.41) is 2.90. The van der Waals surface area contributed by atoms with Gasteiger partial charge in [-0.2, -0.15) is 0 Å². The molecule has 0 aromatic carbocycles. The molecule has 48 valence electrons. The van der Waals surface area contributed by atoms with E-state index in [4.69, 9.17) is 12.2 Å². The van der Waals surface area contributed by atoms with E-state index >= 15 is 0 Å². The van der Waals surface area contributed by atoms with E-state index < -0.39 is 0 Å². The Hall–Kier alpha value is -0.900. The fraction of sp³-hybridized carbons (Fsp3) is 0.200. The van der Waals surface area contributed by atoms with E-state index in [9.17, 15) is 0 Å². The van der Waals surface area contributed by atoms with E-state index in [1.165, 1.54) is 0 Å². The zero-order valence-corrected chi connectivity index (χ0v) is 5.83. The first-order valence-corrected chi connectivity index (χ1v) is 2.96. The summed E-state index contributed by atoms with van der Waals surface area (Å²) >= 11 is 4.89. The molecule has 0 radical (unpaired) electrons. The maximum Gasteiger partial charge on any atom is 0.129 e. The summed E-state index contributed by atoms with van der Waals surface area (Å²) < 4.78 is 0.688. The van der Waals surface area contributed by atoms with Gasteiger partial charge in [0.15, 0.2) is 0 Å². The molecule has 0 unspecified atom stereocenters. The molecule has 0 spiro atoms. The topological polar surface area (TPSA) is 40.7 Å². The highest BCUT2D eigenvalue weighted by atomic mass is 32.1. The lowest BCUT2D eigenvalue weighted by atomic mass is 10.5. The van der Waals surface area contributed by atoms with E-state index in [1.807, 2.05) is 0 Å². The number of aromatic amines is 1. The molecule has 0 fully saturated rings. The number of hydrogen-bond acceptors (Lipinski definition) is 3. The van der Waals surface area contributed by atoms with Crippen LogP contribution in [0.4, 0.5) is 5.69 Å². The lowest BCUT2D eigenvalue weighted by molar-refractivity contribution is 1.15. The van der Waals surface area contributed by atoms with Crippen molar-refractivity contribution in [2.45, 2.75) is 0 Å². The quantitative estimate of drug-likeness (QED) is 0.577. The van der Waals surface area contributed by atoms with Gasteiger partial charge >= 0.3 is 0 Å². The average Bonchev–Trinajstić information content (AvgIpc) is 1.89. The smallest absolute Gasteiger partial charge is 0.129 e. The van der Waals surface area contributed by atoms with Crippen LogP contribution in [0.3, 0.4) is 0 Å². The minimum absolute atomic E-state index is 0.688. The van der Waals surface area contributed by atoms with Crippen LogP contribution in [0, 0.1) is 4.64 Å². The monoisotopic (exact) mass is 141 g/mol. The van der Waals surface area contributed by atoms with Crippen molar-refractivity contribution in [2.24, 2.45) is 0 Å². The zero-order chi connectivity index (χ0) is 6.69. The highest BCUT2D eigenvalue weighted by Crippen LogP contribution is 2.00.